The van der Waals surface area contributed by atoms with Crippen molar-refractivity contribution in [2.75, 3.05) is 6.61 Å². The van der Waals surface area contributed by atoms with Crippen molar-refractivity contribution in [1.82, 2.24) is 0 Å². The molecule has 0 saturated heterocycles. The summed E-state index contributed by atoms with van der Waals surface area (Å²) in [5, 5.41) is 0. The molecule has 0 aliphatic rings. The second kappa shape index (κ2) is 7.42. The van der Waals surface area contributed by atoms with E-state index in [1.807, 2.05) is 26.0 Å². The van der Waals surface area contributed by atoms with Gasteiger partial charge in [0.15, 0.2) is 12.4 Å². The third kappa shape index (κ3) is 4.42. The summed E-state index contributed by atoms with van der Waals surface area (Å²) >= 11 is 3.41. The Morgan fingerprint density at radius 1 is 1.09 bits per heavy atom. The molecule has 0 amide bonds. The van der Waals surface area contributed by atoms with Crippen LogP contribution in [0.3, 0.4) is 0 Å². The lowest BCUT2D eigenvalue weighted by atomic mass is 10.1. The quantitative estimate of drug-likeness (QED) is 0.444. The van der Waals surface area contributed by atoms with E-state index in [0.717, 1.165) is 15.6 Å². The zero-order chi connectivity index (χ0) is 17.0. The molecule has 0 atom stereocenters. The van der Waals surface area contributed by atoms with Gasteiger partial charge in [-0.15, -0.1) is 0 Å². The lowest BCUT2D eigenvalue weighted by Crippen LogP contribution is -2.19. The number of para-hydroxylation sites is 1. The summed E-state index contributed by atoms with van der Waals surface area (Å²) in [5.41, 5.74) is 2.22. The highest BCUT2D eigenvalue weighted by molar-refractivity contribution is 9.10. The van der Waals surface area contributed by atoms with Crippen molar-refractivity contribution >= 4 is 27.7 Å². The smallest absolute Gasteiger partial charge is 0.349 e. The molecule has 0 bridgehead atoms. The number of Topliss-reactive ketones (excluding diaryl/α,β-unsaturated/α-hetero) is 1. The fourth-order valence-corrected chi connectivity index (χ4v) is 2.94. The fourth-order valence-electron chi connectivity index (χ4n) is 2.25. The van der Waals surface area contributed by atoms with Gasteiger partial charge in [-0.1, -0.05) is 28.1 Å². The zero-order valence-corrected chi connectivity index (χ0v) is 14.8. The van der Waals surface area contributed by atoms with Gasteiger partial charge >= 0.3 is 5.97 Å². The van der Waals surface area contributed by atoms with E-state index in [4.69, 9.17) is 9.47 Å². The minimum atomic E-state index is -0.555. The Balaban J connectivity index is 2.06. The molecule has 2 aromatic carbocycles. The monoisotopic (exact) mass is 376 g/mol. The van der Waals surface area contributed by atoms with E-state index >= 15 is 0 Å². The molecular formula is C18H17BrO4. The first-order valence-electron chi connectivity index (χ1n) is 7.08. The Labute approximate surface area is 143 Å². The van der Waals surface area contributed by atoms with Gasteiger partial charge in [-0.25, -0.2) is 4.79 Å². The van der Waals surface area contributed by atoms with Gasteiger partial charge in [-0.3, -0.25) is 4.79 Å². The maximum Gasteiger partial charge on any atom is 0.349 e. The van der Waals surface area contributed by atoms with Crippen LogP contribution in [0, 0.1) is 13.8 Å². The van der Waals surface area contributed by atoms with E-state index in [0.29, 0.717) is 11.3 Å². The molecule has 0 heterocycles. The number of hydrogen-bond acceptors (Lipinski definition) is 4. The molecule has 120 valence electrons. The van der Waals surface area contributed by atoms with Crippen LogP contribution in [0.2, 0.25) is 0 Å². The Morgan fingerprint density at radius 3 is 2.30 bits per heavy atom. The predicted molar refractivity (Wildman–Crippen MR) is 91.2 cm³/mol. The Morgan fingerprint density at radius 2 is 1.70 bits per heavy atom. The molecule has 4 nitrogen and oxygen atoms in total. The maximum absolute atomic E-state index is 12.0. The van der Waals surface area contributed by atoms with E-state index < -0.39 is 5.97 Å². The van der Waals surface area contributed by atoms with Crippen LogP contribution >= 0.6 is 15.9 Å². The average Bonchev–Trinajstić information content (AvgIpc) is 2.46. The first-order valence-corrected chi connectivity index (χ1v) is 7.88. The summed E-state index contributed by atoms with van der Waals surface area (Å²) in [5.74, 6) is 0.192. The molecule has 0 saturated carbocycles. The van der Waals surface area contributed by atoms with Crippen LogP contribution in [-0.4, -0.2) is 18.4 Å². The highest BCUT2D eigenvalue weighted by Gasteiger charge is 2.14. The van der Waals surface area contributed by atoms with Crippen LogP contribution in [0.5, 0.6) is 11.5 Å². The second-order valence-corrected chi connectivity index (χ2v) is 6.10. The molecule has 0 radical (unpaired) electrons. The summed E-state index contributed by atoms with van der Waals surface area (Å²) in [7, 11) is 0. The second-order valence-electron chi connectivity index (χ2n) is 5.18. The van der Waals surface area contributed by atoms with Crippen LogP contribution in [0.4, 0.5) is 0 Å². The van der Waals surface area contributed by atoms with Crippen molar-refractivity contribution in [3.63, 3.8) is 0 Å². The van der Waals surface area contributed by atoms with E-state index in [1.54, 1.807) is 24.3 Å². The van der Waals surface area contributed by atoms with Crippen molar-refractivity contribution in [3.05, 3.63) is 57.6 Å². The lowest BCUT2D eigenvalue weighted by molar-refractivity contribution is -0.136. The normalized spacial score (nSPS) is 10.3. The van der Waals surface area contributed by atoms with Crippen molar-refractivity contribution < 1.29 is 19.1 Å². The van der Waals surface area contributed by atoms with Crippen LogP contribution in [-0.2, 0) is 4.79 Å². The Kier molecular flexibility index (Phi) is 5.55. The van der Waals surface area contributed by atoms with Gasteiger partial charge in [-0.2, -0.15) is 0 Å². The average molecular weight is 377 g/mol. The van der Waals surface area contributed by atoms with E-state index in [1.165, 1.54) is 6.92 Å². The minimum Gasteiger partial charge on any atom is -0.481 e. The number of benzene rings is 2. The molecule has 0 spiro atoms. The first kappa shape index (κ1) is 17.2. The van der Waals surface area contributed by atoms with Crippen molar-refractivity contribution in [3.8, 4) is 11.5 Å². The number of ether oxygens (including phenoxy) is 2. The van der Waals surface area contributed by atoms with Gasteiger partial charge in [0.2, 0.25) is 0 Å². The number of esters is 1. The van der Waals surface area contributed by atoms with E-state index in [9.17, 15) is 9.59 Å². The summed E-state index contributed by atoms with van der Waals surface area (Å²) in [6.45, 7) is 5.01. The predicted octanol–water partition coefficient (Wildman–Crippen LogP) is 4.25. The molecule has 0 N–H and O–H groups in total. The largest absolute Gasteiger partial charge is 0.481 e. The van der Waals surface area contributed by atoms with Gasteiger partial charge < -0.3 is 9.47 Å². The van der Waals surface area contributed by atoms with Gasteiger partial charge in [0.1, 0.15) is 11.5 Å². The van der Waals surface area contributed by atoms with Crippen molar-refractivity contribution in [1.29, 1.82) is 0 Å². The fraction of sp³-hybridized carbons (Fsp3) is 0.222. The molecule has 5 heteroatoms. The molecule has 0 aromatic heterocycles. The molecule has 2 rings (SSSR count). The molecule has 0 unspecified atom stereocenters. The Hall–Kier alpha value is -2.14. The summed E-state index contributed by atoms with van der Waals surface area (Å²) in [6, 6.07) is 10.5. The van der Waals surface area contributed by atoms with Crippen LogP contribution in [0.15, 0.2) is 40.9 Å². The highest BCUT2D eigenvalue weighted by atomic mass is 79.9. The Bertz CT molecular complexity index is 729. The number of carbonyl (C=O) groups is 2. The van der Waals surface area contributed by atoms with Crippen molar-refractivity contribution in [2.24, 2.45) is 0 Å². The SMILES string of the molecule is CC(=O)c1ccccc1OC(=O)COc1c(C)cc(Br)cc1C. The van der Waals surface area contributed by atoms with Gasteiger partial charge in [0, 0.05) is 4.47 Å². The van der Waals surface area contributed by atoms with Gasteiger partial charge in [-0.05, 0) is 56.2 Å². The number of ketones is 1. The lowest BCUT2D eigenvalue weighted by Gasteiger charge is -2.13. The van der Waals surface area contributed by atoms with E-state index in [2.05, 4.69) is 15.9 Å². The van der Waals surface area contributed by atoms with Crippen molar-refractivity contribution in [2.45, 2.75) is 20.8 Å². The number of hydrogen-bond donors (Lipinski definition) is 0. The number of aryl methyl sites for hydroxylation is 2. The highest BCUT2D eigenvalue weighted by Crippen LogP contribution is 2.27. The molecular weight excluding hydrogens is 360 g/mol. The van der Waals surface area contributed by atoms with E-state index in [-0.39, 0.29) is 18.1 Å². The molecule has 0 aliphatic heterocycles. The topological polar surface area (TPSA) is 52.6 Å². The molecule has 0 fully saturated rings. The standard InChI is InChI=1S/C18H17BrO4/c1-11-8-14(19)9-12(2)18(11)22-10-17(21)23-16-7-5-4-6-15(16)13(3)20/h4-9H,10H2,1-3H3. The third-order valence-electron chi connectivity index (χ3n) is 3.25. The molecule has 2 aromatic rings. The van der Waals surface area contributed by atoms with Crippen LogP contribution < -0.4 is 9.47 Å². The minimum absolute atomic E-state index is 0.158. The first-order chi connectivity index (χ1) is 10.9. The summed E-state index contributed by atoms with van der Waals surface area (Å²) in [6.07, 6.45) is 0. The molecule has 0 aliphatic carbocycles. The third-order valence-corrected chi connectivity index (χ3v) is 3.71. The molecule has 23 heavy (non-hydrogen) atoms. The summed E-state index contributed by atoms with van der Waals surface area (Å²) in [4.78, 5) is 23.5. The van der Waals surface area contributed by atoms with Crippen LogP contribution in [0.1, 0.15) is 28.4 Å². The summed E-state index contributed by atoms with van der Waals surface area (Å²) < 4.78 is 11.8. The van der Waals surface area contributed by atoms with Gasteiger partial charge in [0.25, 0.3) is 0 Å². The number of halogens is 1. The van der Waals surface area contributed by atoms with Gasteiger partial charge in [0.05, 0.1) is 5.56 Å². The van der Waals surface area contributed by atoms with Crippen LogP contribution in [0.25, 0.3) is 0 Å². The zero-order valence-electron chi connectivity index (χ0n) is 13.2. The number of carbonyl (C=O) groups excluding carboxylic acids is 2. The number of rotatable bonds is 5. The maximum atomic E-state index is 12.0.